The molecule has 4 heteroatoms. The van der Waals surface area contributed by atoms with Gasteiger partial charge < -0.3 is 11.1 Å². The van der Waals surface area contributed by atoms with Crippen LogP contribution in [0.5, 0.6) is 0 Å². The summed E-state index contributed by atoms with van der Waals surface area (Å²) in [6.07, 6.45) is 0. The number of nitrogens with two attached hydrogens (primary N) is 1. The molecule has 0 aliphatic heterocycles. The minimum absolute atomic E-state index is 0.333. The van der Waals surface area contributed by atoms with Gasteiger partial charge in [-0.15, -0.1) is 0 Å². The highest BCUT2D eigenvalue weighted by Gasteiger charge is 1.81. The number of nitrogens with one attached hydrogen (secondary N) is 1. The predicted molar refractivity (Wildman–Crippen MR) is 32.6 cm³/mol. The lowest BCUT2D eigenvalue weighted by Crippen LogP contribution is -2.24. The number of rotatable bonds is 5. The molecule has 0 rings (SSSR count). The smallest absolute Gasteiger partial charge is 0.0935 e. The molecule has 0 spiro atoms. The summed E-state index contributed by atoms with van der Waals surface area (Å²) in [6.45, 7) is 2.34. The van der Waals surface area contributed by atoms with Crippen molar-refractivity contribution in [2.24, 2.45) is 10.9 Å². The van der Waals surface area contributed by atoms with E-state index in [9.17, 15) is 4.91 Å². The zero-order valence-electron chi connectivity index (χ0n) is 4.76. The molecule has 3 N–H and O–H groups in total. The van der Waals surface area contributed by atoms with Gasteiger partial charge in [0.1, 0.15) is 0 Å². The summed E-state index contributed by atoms with van der Waals surface area (Å²) in [6, 6.07) is 0. The van der Waals surface area contributed by atoms with Crippen molar-refractivity contribution in [1.82, 2.24) is 5.32 Å². The normalized spacial score (nSPS) is 9.12. The molecule has 0 saturated carbocycles. The van der Waals surface area contributed by atoms with Crippen molar-refractivity contribution in [3.63, 3.8) is 0 Å². The summed E-state index contributed by atoms with van der Waals surface area (Å²) in [5.74, 6) is 0. The van der Waals surface area contributed by atoms with Crippen molar-refractivity contribution in [2.45, 2.75) is 0 Å². The monoisotopic (exact) mass is 117 g/mol. The maximum atomic E-state index is 9.45. The molecular weight excluding hydrogens is 106 g/mol. The second-order valence-corrected chi connectivity index (χ2v) is 1.39. The minimum Gasteiger partial charge on any atom is -0.329 e. The molecule has 0 amide bonds. The van der Waals surface area contributed by atoms with Crippen LogP contribution in [0.25, 0.3) is 0 Å². The molecule has 0 fully saturated rings. The van der Waals surface area contributed by atoms with E-state index in [0.29, 0.717) is 19.6 Å². The van der Waals surface area contributed by atoms with Gasteiger partial charge >= 0.3 is 0 Å². The molecule has 0 aromatic heterocycles. The van der Waals surface area contributed by atoms with Crippen LogP contribution in [0, 0.1) is 4.91 Å². The van der Waals surface area contributed by atoms with Crippen molar-refractivity contribution in [1.29, 1.82) is 0 Å². The molecular formula is C4H11N3O. The van der Waals surface area contributed by atoms with Crippen LogP contribution in [0.15, 0.2) is 5.18 Å². The van der Waals surface area contributed by atoms with E-state index in [1.807, 2.05) is 0 Å². The Kier molecular flexibility index (Phi) is 6.13. The predicted octanol–water partition coefficient (Wildman–Crippen LogP) is -0.699. The number of hydrogen-bond acceptors (Lipinski definition) is 4. The fraction of sp³-hybridized carbons (Fsp3) is 1.00. The van der Waals surface area contributed by atoms with Crippen LogP contribution in [-0.4, -0.2) is 26.2 Å². The fourth-order valence-electron chi connectivity index (χ4n) is 0.352. The number of nitrogens with zero attached hydrogens (tertiary/aromatic N) is 1. The fourth-order valence-corrected chi connectivity index (χ4v) is 0.352. The van der Waals surface area contributed by atoms with Gasteiger partial charge in [-0.2, -0.15) is 4.91 Å². The Labute approximate surface area is 48.4 Å². The number of nitroso groups, excluding NO2 is 1. The van der Waals surface area contributed by atoms with E-state index in [2.05, 4.69) is 10.5 Å². The van der Waals surface area contributed by atoms with Crippen LogP contribution in [0.3, 0.4) is 0 Å². The van der Waals surface area contributed by atoms with Crippen LogP contribution < -0.4 is 11.1 Å². The van der Waals surface area contributed by atoms with Crippen LogP contribution >= 0.6 is 0 Å². The highest BCUT2D eigenvalue weighted by atomic mass is 16.3. The molecule has 0 atom stereocenters. The first kappa shape index (κ1) is 7.52. The van der Waals surface area contributed by atoms with E-state index >= 15 is 0 Å². The van der Waals surface area contributed by atoms with Crippen molar-refractivity contribution in [2.75, 3.05) is 26.2 Å². The second kappa shape index (κ2) is 6.52. The summed E-state index contributed by atoms with van der Waals surface area (Å²) in [5.41, 5.74) is 5.14. The third-order valence-electron chi connectivity index (χ3n) is 0.701. The van der Waals surface area contributed by atoms with Crippen molar-refractivity contribution < 1.29 is 0 Å². The first-order valence-electron chi connectivity index (χ1n) is 2.61. The Bertz CT molecular complexity index is 57.2. The molecule has 0 aromatic carbocycles. The molecule has 0 aliphatic rings. The SMILES string of the molecule is NCCNCCN=O. The van der Waals surface area contributed by atoms with Gasteiger partial charge in [-0.3, -0.25) is 0 Å². The van der Waals surface area contributed by atoms with Gasteiger partial charge in [0.05, 0.1) is 6.54 Å². The molecule has 0 heterocycles. The van der Waals surface area contributed by atoms with Crippen molar-refractivity contribution in [3.8, 4) is 0 Å². The van der Waals surface area contributed by atoms with E-state index in [1.165, 1.54) is 0 Å². The Morgan fingerprint density at radius 3 is 2.75 bits per heavy atom. The van der Waals surface area contributed by atoms with Gasteiger partial charge in [-0.1, -0.05) is 5.18 Å². The standard InChI is InChI=1S/C4H11N3O/c5-1-2-6-3-4-7-8/h6H,1-5H2. The van der Waals surface area contributed by atoms with Crippen molar-refractivity contribution >= 4 is 0 Å². The second-order valence-electron chi connectivity index (χ2n) is 1.39. The third kappa shape index (κ3) is 5.52. The molecule has 48 valence electrons. The Morgan fingerprint density at radius 2 is 2.25 bits per heavy atom. The van der Waals surface area contributed by atoms with Gasteiger partial charge in [-0.05, 0) is 0 Å². The van der Waals surface area contributed by atoms with E-state index in [-0.39, 0.29) is 0 Å². The Balaban J connectivity index is 2.62. The van der Waals surface area contributed by atoms with Gasteiger partial charge in [0.2, 0.25) is 0 Å². The minimum atomic E-state index is 0.333. The summed E-state index contributed by atoms with van der Waals surface area (Å²) >= 11 is 0. The van der Waals surface area contributed by atoms with E-state index < -0.39 is 0 Å². The largest absolute Gasteiger partial charge is 0.329 e. The first-order valence-corrected chi connectivity index (χ1v) is 2.61. The molecule has 0 bridgehead atoms. The molecule has 0 aliphatic carbocycles. The summed E-state index contributed by atoms with van der Waals surface area (Å²) in [5, 5.41) is 5.57. The Morgan fingerprint density at radius 1 is 1.50 bits per heavy atom. The lowest BCUT2D eigenvalue weighted by atomic mass is 10.6. The highest BCUT2D eigenvalue weighted by Crippen LogP contribution is 1.61. The Hall–Kier alpha value is -0.480. The summed E-state index contributed by atoms with van der Waals surface area (Å²) in [7, 11) is 0. The molecule has 4 nitrogen and oxygen atoms in total. The zero-order chi connectivity index (χ0) is 6.24. The van der Waals surface area contributed by atoms with Gasteiger partial charge in [0, 0.05) is 19.6 Å². The van der Waals surface area contributed by atoms with Crippen LogP contribution in [-0.2, 0) is 0 Å². The third-order valence-corrected chi connectivity index (χ3v) is 0.701. The van der Waals surface area contributed by atoms with Crippen LogP contribution in [0.4, 0.5) is 0 Å². The van der Waals surface area contributed by atoms with Gasteiger partial charge in [0.15, 0.2) is 0 Å². The van der Waals surface area contributed by atoms with E-state index in [1.54, 1.807) is 0 Å². The molecule has 0 aromatic rings. The van der Waals surface area contributed by atoms with Gasteiger partial charge in [-0.25, -0.2) is 0 Å². The zero-order valence-corrected chi connectivity index (χ0v) is 4.76. The molecule has 0 unspecified atom stereocenters. The van der Waals surface area contributed by atoms with Crippen LogP contribution in [0.2, 0.25) is 0 Å². The number of hydrogen-bond donors (Lipinski definition) is 2. The lowest BCUT2D eigenvalue weighted by molar-refractivity contribution is 0.695. The van der Waals surface area contributed by atoms with E-state index in [4.69, 9.17) is 5.73 Å². The summed E-state index contributed by atoms with van der Waals surface area (Å²) in [4.78, 5) is 9.45. The average Bonchev–Trinajstić information content (AvgIpc) is 1.81. The topological polar surface area (TPSA) is 67.5 Å². The average molecular weight is 117 g/mol. The highest BCUT2D eigenvalue weighted by molar-refractivity contribution is 4.48. The van der Waals surface area contributed by atoms with Crippen LogP contribution in [0.1, 0.15) is 0 Å². The first-order chi connectivity index (χ1) is 3.91. The van der Waals surface area contributed by atoms with Gasteiger partial charge in [0.25, 0.3) is 0 Å². The molecule has 0 saturated heterocycles. The van der Waals surface area contributed by atoms with Crippen molar-refractivity contribution in [3.05, 3.63) is 4.91 Å². The quantitative estimate of drug-likeness (QED) is 0.369. The molecule has 0 radical (unpaired) electrons. The molecule has 8 heavy (non-hydrogen) atoms. The van der Waals surface area contributed by atoms with E-state index in [0.717, 1.165) is 6.54 Å². The lowest BCUT2D eigenvalue weighted by Gasteiger charge is -1.94. The maximum Gasteiger partial charge on any atom is 0.0935 e. The maximum absolute atomic E-state index is 9.45. The summed E-state index contributed by atoms with van der Waals surface area (Å²) < 4.78 is 0.